The summed E-state index contributed by atoms with van der Waals surface area (Å²) in [5.74, 6) is 2.25. The smallest absolute Gasteiger partial charge is 0.254 e. The van der Waals surface area contributed by atoms with Gasteiger partial charge < -0.3 is 19.1 Å². The molecular weight excluding hydrogens is 412 g/mol. The normalized spacial score (nSPS) is 15.7. The topological polar surface area (TPSA) is 60.9 Å². The van der Waals surface area contributed by atoms with Crippen LogP contribution in [0.4, 0.5) is 0 Å². The van der Waals surface area contributed by atoms with Gasteiger partial charge in [-0.2, -0.15) is 0 Å². The van der Waals surface area contributed by atoms with Crippen molar-refractivity contribution in [2.75, 3.05) is 20.8 Å². The van der Waals surface area contributed by atoms with Gasteiger partial charge in [-0.25, -0.2) is 4.98 Å². The Bertz CT molecular complexity index is 1050. The number of benzene rings is 2. The van der Waals surface area contributed by atoms with Crippen LogP contribution in [0, 0.1) is 6.92 Å². The third-order valence-electron chi connectivity index (χ3n) is 5.46. The lowest BCUT2D eigenvalue weighted by molar-refractivity contribution is 0.0734. The molecule has 1 aromatic heterocycles. The molecule has 0 radical (unpaired) electrons. The van der Waals surface area contributed by atoms with Gasteiger partial charge >= 0.3 is 0 Å². The number of aryl methyl sites for hydroxylation is 1. The number of likely N-dealkylation sites (tertiary alicyclic amines) is 1. The summed E-state index contributed by atoms with van der Waals surface area (Å²) in [6.07, 6.45) is 1.84. The van der Waals surface area contributed by atoms with Gasteiger partial charge in [0.2, 0.25) is 0 Å². The van der Waals surface area contributed by atoms with E-state index in [-0.39, 0.29) is 11.9 Å². The quantitative estimate of drug-likeness (QED) is 0.518. The lowest BCUT2D eigenvalue weighted by atomic mass is 10.0. The van der Waals surface area contributed by atoms with Crippen LogP contribution in [0.2, 0.25) is 0 Å². The van der Waals surface area contributed by atoms with Gasteiger partial charge in [0.1, 0.15) is 23.9 Å². The molecule has 7 heteroatoms. The maximum absolute atomic E-state index is 13.3. The summed E-state index contributed by atoms with van der Waals surface area (Å²) in [6.45, 7) is 3.11. The highest BCUT2D eigenvalue weighted by Gasteiger charge is 2.32. The molecule has 1 aliphatic heterocycles. The molecule has 1 saturated heterocycles. The Kier molecular flexibility index (Phi) is 6.42. The fourth-order valence-electron chi connectivity index (χ4n) is 3.92. The van der Waals surface area contributed by atoms with E-state index in [4.69, 9.17) is 14.2 Å². The first-order valence-electron chi connectivity index (χ1n) is 10.3. The number of ether oxygens (including phenoxy) is 3. The van der Waals surface area contributed by atoms with Crippen molar-refractivity contribution < 1.29 is 19.0 Å². The Morgan fingerprint density at radius 3 is 2.58 bits per heavy atom. The van der Waals surface area contributed by atoms with Gasteiger partial charge in [0.05, 0.1) is 31.0 Å². The summed E-state index contributed by atoms with van der Waals surface area (Å²) in [5.41, 5.74) is 2.53. The van der Waals surface area contributed by atoms with Gasteiger partial charge in [0.15, 0.2) is 0 Å². The minimum absolute atomic E-state index is 0.00838. The zero-order valence-corrected chi connectivity index (χ0v) is 18.8. The molecule has 1 fully saturated rings. The second-order valence-corrected chi connectivity index (χ2v) is 8.50. The Balaban J connectivity index is 1.48. The summed E-state index contributed by atoms with van der Waals surface area (Å²) in [5, 5.41) is 3.01. The van der Waals surface area contributed by atoms with Crippen LogP contribution >= 0.6 is 11.3 Å². The summed E-state index contributed by atoms with van der Waals surface area (Å²) in [6, 6.07) is 13.0. The highest BCUT2D eigenvalue weighted by atomic mass is 32.1. The Labute approximate surface area is 186 Å². The van der Waals surface area contributed by atoms with E-state index in [1.807, 2.05) is 59.7 Å². The predicted octanol–water partition coefficient (Wildman–Crippen LogP) is 5.03. The summed E-state index contributed by atoms with van der Waals surface area (Å²) in [4.78, 5) is 19.6. The van der Waals surface area contributed by atoms with Crippen molar-refractivity contribution in [2.45, 2.75) is 32.4 Å². The van der Waals surface area contributed by atoms with Gasteiger partial charge in [-0.1, -0.05) is 0 Å². The van der Waals surface area contributed by atoms with Crippen molar-refractivity contribution >= 4 is 17.2 Å². The lowest BCUT2D eigenvalue weighted by Gasteiger charge is -2.27. The average Bonchev–Trinajstić information content (AvgIpc) is 3.46. The molecule has 0 aliphatic carbocycles. The first kappa shape index (κ1) is 21.2. The molecule has 1 amide bonds. The molecule has 2 heterocycles. The van der Waals surface area contributed by atoms with Crippen molar-refractivity contribution in [1.82, 2.24) is 9.88 Å². The van der Waals surface area contributed by atoms with Crippen LogP contribution in [0.5, 0.6) is 17.2 Å². The number of hydrogen-bond donors (Lipinski definition) is 0. The van der Waals surface area contributed by atoms with E-state index in [0.717, 1.165) is 46.4 Å². The minimum atomic E-state index is -0.0404. The van der Waals surface area contributed by atoms with Crippen LogP contribution < -0.4 is 14.2 Å². The molecule has 3 aromatic rings. The highest BCUT2D eigenvalue weighted by Crippen LogP contribution is 2.39. The fraction of sp³-hybridized carbons (Fsp3) is 0.333. The molecule has 6 nitrogen and oxygen atoms in total. The van der Waals surface area contributed by atoms with Crippen LogP contribution in [0.25, 0.3) is 0 Å². The van der Waals surface area contributed by atoms with Gasteiger partial charge in [0, 0.05) is 23.1 Å². The predicted molar refractivity (Wildman–Crippen MR) is 120 cm³/mol. The number of aromatic nitrogens is 1. The van der Waals surface area contributed by atoms with E-state index in [1.54, 1.807) is 25.6 Å². The number of thiazole rings is 1. The second-order valence-electron chi connectivity index (χ2n) is 7.44. The van der Waals surface area contributed by atoms with E-state index < -0.39 is 0 Å². The highest BCUT2D eigenvalue weighted by molar-refractivity contribution is 7.09. The van der Waals surface area contributed by atoms with Crippen LogP contribution in [0.15, 0.2) is 47.8 Å². The SMILES string of the molecule is COc1ccc(OC)c([C@H]2CCCN2C(=O)c2ccc(OCc3csc(C)n3)cc2)c1. The van der Waals surface area contributed by atoms with E-state index in [1.165, 1.54) is 0 Å². The first-order chi connectivity index (χ1) is 15.1. The van der Waals surface area contributed by atoms with Crippen molar-refractivity contribution in [3.8, 4) is 17.2 Å². The maximum Gasteiger partial charge on any atom is 0.254 e. The van der Waals surface area contributed by atoms with E-state index in [0.29, 0.717) is 18.7 Å². The van der Waals surface area contributed by atoms with Crippen molar-refractivity contribution in [3.63, 3.8) is 0 Å². The molecule has 1 aliphatic rings. The molecule has 0 saturated carbocycles. The Hall–Kier alpha value is -3.06. The Morgan fingerprint density at radius 1 is 1.13 bits per heavy atom. The second kappa shape index (κ2) is 9.39. The van der Waals surface area contributed by atoms with Gasteiger partial charge in [0.25, 0.3) is 5.91 Å². The largest absolute Gasteiger partial charge is 0.497 e. The van der Waals surface area contributed by atoms with Gasteiger partial charge in [-0.3, -0.25) is 4.79 Å². The molecule has 0 bridgehead atoms. The van der Waals surface area contributed by atoms with Gasteiger partial charge in [-0.15, -0.1) is 11.3 Å². The summed E-state index contributed by atoms with van der Waals surface area (Å²) < 4.78 is 16.7. The molecule has 0 N–H and O–H groups in total. The van der Waals surface area contributed by atoms with E-state index in [9.17, 15) is 4.79 Å². The summed E-state index contributed by atoms with van der Waals surface area (Å²) in [7, 11) is 3.29. The van der Waals surface area contributed by atoms with Crippen LogP contribution in [-0.4, -0.2) is 36.6 Å². The molecule has 0 unspecified atom stereocenters. The standard InChI is InChI=1S/C24H26N2O4S/c1-16-25-18(15-31-16)14-30-19-8-6-17(7-9-19)24(27)26-12-4-5-22(26)21-13-20(28-2)10-11-23(21)29-3/h6-11,13,15,22H,4-5,12,14H2,1-3H3/t22-/m1/s1. The Morgan fingerprint density at radius 2 is 1.90 bits per heavy atom. The van der Waals surface area contributed by atoms with Gasteiger partial charge in [-0.05, 0) is 62.2 Å². The number of amides is 1. The molecule has 2 aromatic carbocycles. The number of hydrogen-bond acceptors (Lipinski definition) is 6. The molecule has 162 valence electrons. The number of carbonyl (C=O) groups is 1. The average molecular weight is 439 g/mol. The molecule has 1 atom stereocenters. The van der Waals surface area contributed by atoms with Crippen molar-refractivity contribution in [3.05, 3.63) is 69.7 Å². The molecule has 4 rings (SSSR count). The maximum atomic E-state index is 13.3. The number of carbonyl (C=O) groups excluding carboxylic acids is 1. The monoisotopic (exact) mass is 438 g/mol. The van der Waals surface area contributed by atoms with Crippen LogP contribution in [0.1, 0.15) is 45.5 Å². The van der Waals surface area contributed by atoms with Crippen molar-refractivity contribution in [1.29, 1.82) is 0 Å². The number of rotatable bonds is 7. The number of nitrogens with zero attached hydrogens (tertiary/aromatic N) is 2. The number of methoxy groups -OCH3 is 2. The van der Waals surface area contributed by atoms with Crippen LogP contribution in [-0.2, 0) is 6.61 Å². The zero-order valence-electron chi connectivity index (χ0n) is 18.0. The first-order valence-corrected chi connectivity index (χ1v) is 11.1. The molecular formula is C24H26N2O4S. The zero-order chi connectivity index (χ0) is 21.8. The third kappa shape index (κ3) is 4.66. The summed E-state index contributed by atoms with van der Waals surface area (Å²) >= 11 is 1.61. The third-order valence-corrected chi connectivity index (χ3v) is 6.29. The molecule has 31 heavy (non-hydrogen) atoms. The van der Waals surface area contributed by atoms with E-state index in [2.05, 4.69) is 4.98 Å². The van der Waals surface area contributed by atoms with Crippen molar-refractivity contribution in [2.24, 2.45) is 0 Å². The lowest BCUT2D eigenvalue weighted by Crippen LogP contribution is -2.30. The molecule has 0 spiro atoms. The van der Waals surface area contributed by atoms with Crippen LogP contribution in [0.3, 0.4) is 0 Å². The van der Waals surface area contributed by atoms with E-state index >= 15 is 0 Å². The minimum Gasteiger partial charge on any atom is -0.497 e. The fourth-order valence-corrected chi connectivity index (χ4v) is 4.52.